The Labute approximate surface area is 153 Å². The minimum atomic E-state index is -1.39. The average molecular weight is 365 g/mol. The van der Waals surface area contributed by atoms with Crippen LogP contribution in [0, 0.1) is 0 Å². The molecule has 126 valence electrons. The molecule has 0 radical (unpaired) electrons. The number of halogens is 2. The molecule has 0 bridgehead atoms. The van der Waals surface area contributed by atoms with E-state index in [0.29, 0.717) is 33.0 Å². The molecule has 3 nitrogen and oxygen atoms in total. The normalized spacial score (nSPS) is 24.5. The van der Waals surface area contributed by atoms with Crippen molar-refractivity contribution >= 4 is 23.2 Å². The maximum absolute atomic E-state index is 8.83. The third kappa shape index (κ3) is 3.08. The van der Waals surface area contributed by atoms with Crippen LogP contribution in [0.1, 0.15) is 37.3 Å². The van der Waals surface area contributed by atoms with Crippen molar-refractivity contribution in [2.24, 2.45) is 0 Å². The number of ether oxygens (including phenoxy) is 2. The van der Waals surface area contributed by atoms with Crippen molar-refractivity contribution in [1.29, 1.82) is 0 Å². The highest BCUT2D eigenvalue weighted by molar-refractivity contribution is 6.35. The maximum atomic E-state index is 8.83. The lowest BCUT2D eigenvalue weighted by Gasteiger charge is -2.32. The maximum Gasteiger partial charge on any atom is 0.165 e. The molecule has 0 aromatic heterocycles. The number of piperidine rings is 1. The lowest BCUT2D eigenvalue weighted by atomic mass is 9.89. The van der Waals surface area contributed by atoms with Gasteiger partial charge in [-0.05, 0) is 50.0 Å². The van der Waals surface area contributed by atoms with E-state index in [1.54, 1.807) is 18.2 Å². The Morgan fingerprint density at radius 2 is 1.92 bits per heavy atom. The summed E-state index contributed by atoms with van der Waals surface area (Å²) in [6.45, 7) is 2.06. The van der Waals surface area contributed by atoms with Gasteiger partial charge in [0.2, 0.25) is 0 Å². The van der Waals surface area contributed by atoms with Gasteiger partial charge >= 0.3 is 0 Å². The molecule has 1 saturated heterocycles. The van der Waals surface area contributed by atoms with Crippen LogP contribution in [0.4, 0.5) is 0 Å². The van der Waals surface area contributed by atoms with E-state index in [0.717, 1.165) is 31.5 Å². The van der Waals surface area contributed by atoms with Crippen LogP contribution in [0.15, 0.2) is 36.4 Å². The highest BCUT2D eigenvalue weighted by atomic mass is 35.5. The summed E-state index contributed by atoms with van der Waals surface area (Å²) in [5, 5.41) is 4.32. The first-order chi connectivity index (χ1) is 12.1. The summed E-state index contributed by atoms with van der Waals surface area (Å²) in [5.74, 6) is 1.77. The van der Waals surface area contributed by atoms with E-state index in [4.69, 9.17) is 34.0 Å². The summed E-state index contributed by atoms with van der Waals surface area (Å²) in [5.41, 5.74) is 1.67. The predicted molar refractivity (Wildman–Crippen MR) is 96.6 cm³/mol. The molecule has 0 spiro atoms. The number of hydrogen-bond acceptors (Lipinski definition) is 3. The summed E-state index contributed by atoms with van der Waals surface area (Å²) >= 11 is 12.3. The highest BCUT2D eigenvalue weighted by Gasteiger charge is 2.29. The molecule has 1 N–H and O–H groups in total. The fourth-order valence-corrected chi connectivity index (χ4v) is 3.87. The third-order valence-electron chi connectivity index (χ3n) is 4.60. The van der Waals surface area contributed by atoms with Gasteiger partial charge in [-0.1, -0.05) is 41.4 Å². The van der Waals surface area contributed by atoms with Crippen molar-refractivity contribution in [2.75, 3.05) is 19.7 Å². The lowest BCUT2D eigenvalue weighted by molar-refractivity contribution is 0.0891. The highest BCUT2D eigenvalue weighted by Crippen LogP contribution is 2.44. The first-order valence-corrected chi connectivity index (χ1v) is 8.93. The van der Waals surface area contributed by atoms with Crippen LogP contribution in [0.3, 0.4) is 0 Å². The van der Waals surface area contributed by atoms with E-state index in [1.807, 2.05) is 12.1 Å². The van der Waals surface area contributed by atoms with Crippen LogP contribution in [-0.2, 0) is 0 Å². The number of benzene rings is 2. The Balaban J connectivity index is 1.72. The summed E-state index contributed by atoms with van der Waals surface area (Å²) in [7, 11) is 0. The van der Waals surface area contributed by atoms with Crippen molar-refractivity contribution in [3.05, 3.63) is 57.6 Å². The standard InChI is InChI=1S/C19H19Cl2NO2/c20-13-4-5-15(16(21)10-13)18-11-23-17-3-1-2-14(19(17)24-18)12-6-8-22-9-7-12/h1-5,10,12,18,22H,6-9,11H2/t18-/m1/s1/i18D. The number of fused-ring (bicyclic) bond motifs is 1. The van der Waals surface area contributed by atoms with E-state index in [1.165, 1.54) is 0 Å². The number of nitrogens with one attached hydrogen (secondary N) is 1. The van der Waals surface area contributed by atoms with Crippen LogP contribution in [0.25, 0.3) is 0 Å². The smallest absolute Gasteiger partial charge is 0.165 e. The molecule has 2 aromatic carbocycles. The second-order valence-corrected chi connectivity index (χ2v) is 6.98. The van der Waals surface area contributed by atoms with Gasteiger partial charge in [-0.15, -0.1) is 0 Å². The second kappa shape index (κ2) is 6.83. The van der Waals surface area contributed by atoms with Crippen molar-refractivity contribution in [1.82, 2.24) is 5.32 Å². The first-order valence-electron chi connectivity index (χ1n) is 8.68. The summed E-state index contributed by atoms with van der Waals surface area (Å²) in [6.07, 6.45) is 0.705. The third-order valence-corrected chi connectivity index (χ3v) is 5.15. The van der Waals surface area contributed by atoms with Gasteiger partial charge in [-0.25, -0.2) is 0 Å². The van der Waals surface area contributed by atoms with Crippen LogP contribution in [0.2, 0.25) is 10.0 Å². The van der Waals surface area contributed by atoms with Crippen molar-refractivity contribution in [3.8, 4) is 11.5 Å². The van der Waals surface area contributed by atoms with Gasteiger partial charge in [0.25, 0.3) is 0 Å². The average Bonchev–Trinajstić information content (AvgIpc) is 2.61. The SMILES string of the molecule is [2H][C@]1(c2ccc(Cl)cc2Cl)COc2cccc(C3CCNCC3)c2O1. The summed E-state index contributed by atoms with van der Waals surface area (Å²) in [4.78, 5) is 0. The van der Waals surface area contributed by atoms with Crippen LogP contribution < -0.4 is 14.8 Å². The number of hydrogen-bond donors (Lipinski definition) is 1. The fraction of sp³-hybridized carbons (Fsp3) is 0.368. The van der Waals surface area contributed by atoms with Crippen molar-refractivity contribution < 1.29 is 10.8 Å². The lowest BCUT2D eigenvalue weighted by Crippen LogP contribution is -2.28. The van der Waals surface area contributed by atoms with E-state index in [9.17, 15) is 0 Å². The van der Waals surface area contributed by atoms with Crippen LogP contribution in [-0.4, -0.2) is 19.7 Å². The molecular weight excluding hydrogens is 345 g/mol. The molecule has 5 heteroatoms. The van der Waals surface area contributed by atoms with E-state index < -0.39 is 6.08 Å². The zero-order valence-corrected chi connectivity index (χ0v) is 14.7. The molecule has 2 heterocycles. The largest absolute Gasteiger partial charge is 0.485 e. The number of rotatable bonds is 2. The Hall–Kier alpha value is -1.42. The Bertz CT molecular complexity index is 795. The fourth-order valence-electron chi connectivity index (χ4n) is 3.35. The van der Waals surface area contributed by atoms with Crippen LogP contribution in [0.5, 0.6) is 11.5 Å². The van der Waals surface area contributed by atoms with Crippen molar-refractivity contribution in [2.45, 2.75) is 24.8 Å². The van der Waals surface area contributed by atoms with E-state index in [-0.39, 0.29) is 6.61 Å². The molecule has 2 aromatic rings. The molecule has 0 aliphatic carbocycles. The Morgan fingerprint density at radius 1 is 1.08 bits per heavy atom. The molecule has 1 fully saturated rings. The molecule has 2 aliphatic heterocycles. The molecule has 1 atom stereocenters. The van der Waals surface area contributed by atoms with E-state index >= 15 is 0 Å². The van der Waals surface area contributed by atoms with Gasteiger partial charge in [0.05, 0.1) is 1.37 Å². The molecule has 24 heavy (non-hydrogen) atoms. The van der Waals surface area contributed by atoms with Gasteiger partial charge in [0.15, 0.2) is 17.6 Å². The molecular formula is C19H19Cl2NO2. The zero-order valence-electron chi connectivity index (χ0n) is 14.1. The molecule has 0 unspecified atom stereocenters. The topological polar surface area (TPSA) is 30.5 Å². The minimum absolute atomic E-state index is 0.0804. The minimum Gasteiger partial charge on any atom is -0.485 e. The molecule has 0 saturated carbocycles. The monoisotopic (exact) mass is 364 g/mol. The number of para-hydroxylation sites is 1. The molecule has 4 rings (SSSR count). The Morgan fingerprint density at radius 3 is 2.71 bits per heavy atom. The van der Waals surface area contributed by atoms with Gasteiger partial charge in [-0.3, -0.25) is 0 Å². The quantitative estimate of drug-likeness (QED) is 0.815. The summed E-state index contributed by atoms with van der Waals surface area (Å²) < 4.78 is 20.9. The van der Waals surface area contributed by atoms with E-state index in [2.05, 4.69) is 11.4 Å². The zero-order chi connectivity index (χ0) is 17.4. The Kier molecular flexibility index (Phi) is 4.24. The predicted octanol–water partition coefficient (Wildman–Crippen LogP) is 4.97. The summed E-state index contributed by atoms with van der Waals surface area (Å²) in [6, 6.07) is 11.0. The van der Waals surface area contributed by atoms with Gasteiger partial charge in [-0.2, -0.15) is 0 Å². The molecule has 0 amide bonds. The van der Waals surface area contributed by atoms with Crippen molar-refractivity contribution in [3.63, 3.8) is 0 Å². The first kappa shape index (κ1) is 14.9. The van der Waals surface area contributed by atoms with Crippen LogP contribution >= 0.6 is 23.2 Å². The van der Waals surface area contributed by atoms with Gasteiger partial charge in [0, 0.05) is 21.2 Å². The van der Waals surface area contributed by atoms with Gasteiger partial charge in [0.1, 0.15) is 6.61 Å². The second-order valence-electron chi connectivity index (χ2n) is 6.14. The molecule has 2 aliphatic rings. The van der Waals surface area contributed by atoms with Gasteiger partial charge < -0.3 is 14.8 Å².